The van der Waals surface area contributed by atoms with Crippen molar-refractivity contribution in [1.82, 2.24) is 19.7 Å². The van der Waals surface area contributed by atoms with E-state index >= 15 is 0 Å². The molecule has 7 nitrogen and oxygen atoms in total. The third kappa shape index (κ3) is 6.14. The molecule has 0 aromatic carbocycles. The van der Waals surface area contributed by atoms with Crippen LogP contribution in [0.3, 0.4) is 0 Å². The van der Waals surface area contributed by atoms with E-state index < -0.39 is 0 Å². The highest BCUT2D eigenvalue weighted by Crippen LogP contribution is 2.42. The smallest absolute Gasteiger partial charge is 0.410 e. The molecule has 1 aromatic heterocycles. The van der Waals surface area contributed by atoms with Crippen LogP contribution in [0, 0.1) is 11.8 Å². The van der Waals surface area contributed by atoms with Gasteiger partial charge < -0.3 is 14.5 Å². The molecule has 3 aliphatic heterocycles. The minimum atomic E-state index is -0.305. The summed E-state index contributed by atoms with van der Waals surface area (Å²) in [6.07, 6.45) is 16.8. The molecule has 1 unspecified atom stereocenters. The molecule has 1 saturated carbocycles. The quantitative estimate of drug-likeness (QED) is 0.420. The molecule has 4 aliphatic rings. The molecule has 0 N–H and O–H groups in total. The van der Waals surface area contributed by atoms with Crippen LogP contribution in [-0.2, 0) is 4.74 Å². The Morgan fingerprint density at radius 1 is 1.11 bits per heavy atom. The molecule has 4 fully saturated rings. The van der Waals surface area contributed by atoms with Gasteiger partial charge in [-0.15, -0.1) is 0 Å². The minimum absolute atomic E-state index is 0.000822. The van der Waals surface area contributed by atoms with E-state index in [2.05, 4.69) is 21.7 Å². The number of hydrogen-bond acceptors (Lipinski definition) is 5. The molecular formula is C30H45ClN4O3. The fraction of sp³-hybridized carbons (Fsp3) is 0.767. The molecular weight excluding hydrogens is 500 g/mol. The van der Waals surface area contributed by atoms with Crippen LogP contribution >= 0.6 is 11.6 Å². The van der Waals surface area contributed by atoms with Crippen molar-refractivity contribution in [2.45, 2.75) is 95.6 Å². The van der Waals surface area contributed by atoms with Crippen LogP contribution in [0.25, 0.3) is 0 Å². The molecule has 1 aliphatic carbocycles. The van der Waals surface area contributed by atoms with Crippen LogP contribution in [0.1, 0.15) is 94.3 Å². The normalized spacial score (nSPS) is 25.5. The van der Waals surface area contributed by atoms with E-state index in [9.17, 15) is 9.59 Å². The zero-order valence-corrected chi connectivity index (χ0v) is 23.8. The molecule has 8 heteroatoms. The van der Waals surface area contributed by atoms with Crippen LogP contribution in [0.5, 0.6) is 0 Å². The zero-order chi connectivity index (χ0) is 26.5. The van der Waals surface area contributed by atoms with Crippen LogP contribution in [0.2, 0.25) is 5.02 Å². The lowest BCUT2D eigenvalue weighted by Gasteiger charge is -2.52. The number of piperidine rings is 2. The molecule has 1 atom stereocenters. The summed E-state index contributed by atoms with van der Waals surface area (Å²) in [7, 11) is 0. The van der Waals surface area contributed by atoms with E-state index in [1.807, 2.05) is 4.90 Å². The van der Waals surface area contributed by atoms with Gasteiger partial charge in [0.2, 0.25) is 0 Å². The van der Waals surface area contributed by atoms with Crippen molar-refractivity contribution >= 4 is 23.6 Å². The second-order valence-corrected chi connectivity index (χ2v) is 12.5. The van der Waals surface area contributed by atoms with Gasteiger partial charge in [0.1, 0.15) is 5.60 Å². The summed E-state index contributed by atoms with van der Waals surface area (Å²) in [6.45, 7) is 7.42. The number of carbonyl (C=O) groups is 2. The topological polar surface area (TPSA) is 66.0 Å². The number of hydrogen-bond donors (Lipinski definition) is 0. The van der Waals surface area contributed by atoms with Crippen molar-refractivity contribution in [3.63, 3.8) is 0 Å². The number of carbonyl (C=O) groups excluding carboxylic acids is 2. The molecule has 3 saturated heterocycles. The summed E-state index contributed by atoms with van der Waals surface area (Å²) >= 11 is 6.21. The summed E-state index contributed by atoms with van der Waals surface area (Å²) < 4.78 is 6.41. The maximum absolute atomic E-state index is 13.2. The van der Waals surface area contributed by atoms with Crippen molar-refractivity contribution in [2.24, 2.45) is 11.8 Å². The second-order valence-electron chi connectivity index (χ2n) is 12.1. The second kappa shape index (κ2) is 12.5. The van der Waals surface area contributed by atoms with Gasteiger partial charge in [-0.2, -0.15) is 0 Å². The van der Waals surface area contributed by atoms with Crippen molar-refractivity contribution in [3.8, 4) is 0 Å². The number of nitrogens with zero attached hydrogens (tertiary/aromatic N) is 4. The average molecular weight is 545 g/mol. The Balaban J connectivity index is 1.15. The first-order valence-corrected chi connectivity index (χ1v) is 15.5. The fourth-order valence-corrected chi connectivity index (χ4v) is 7.60. The first-order valence-electron chi connectivity index (χ1n) is 15.1. The van der Waals surface area contributed by atoms with E-state index in [0.717, 1.165) is 71.4 Å². The highest BCUT2D eigenvalue weighted by Gasteiger charge is 2.50. The van der Waals surface area contributed by atoms with E-state index in [-0.39, 0.29) is 17.6 Å². The largest absolute Gasteiger partial charge is 0.442 e. The Labute approximate surface area is 233 Å². The first-order chi connectivity index (χ1) is 18.5. The standard InChI is InChI=1S/C30H45ClN4O3/c1-2-3-9-24-22-35(21-23-7-5-4-6-8-23)29(37)38-30(24)13-18-33(19-14-30)25-11-16-34(17-12-25)28(36)26-10-15-32-20-27(26)31/h10,15,20,23-25H,2-9,11-14,16-19,21-22H2,1H3. The van der Waals surface area contributed by atoms with Crippen molar-refractivity contribution in [1.29, 1.82) is 0 Å². The summed E-state index contributed by atoms with van der Waals surface area (Å²) in [5.41, 5.74) is 0.232. The number of rotatable bonds is 7. The van der Waals surface area contributed by atoms with Gasteiger partial charge in [-0.25, -0.2) is 4.79 Å². The third-order valence-electron chi connectivity index (χ3n) is 9.76. The van der Waals surface area contributed by atoms with E-state index in [1.165, 1.54) is 51.1 Å². The first kappa shape index (κ1) is 27.7. The van der Waals surface area contributed by atoms with E-state index in [4.69, 9.17) is 16.3 Å². The molecule has 210 valence electrons. The lowest BCUT2D eigenvalue weighted by Crippen LogP contribution is -2.61. The molecule has 1 aromatic rings. The number of likely N-dealkylation sites (tertiary alicyclic amines) is 2. The molecule has 2 amide bonds. The molecule has 38 heavy (non-hydrogen) atoms. The summed E-state index contributed by atoms with van der Waals surface area (Å²) in [4.78, 5) is 36.7. The Kier molecular flexibility index (Phi) is 9.14. The minimum Gasteiger partial charge on any atom is -0.442 e. The molecule has 0 radical (unpaired) electrons. The summed E-state index contributed by atoms with van der Waals surface area (Å²) in [5.74, 6) is 1.07. The Bertz CT molecular complexity index is 953. The number of aromatic nitrogens is 1. The summed E-state index contributed by atoms with van der Waals surface area (Å²) in [6, 6.07) is 2.18. The van der Waals surface area contributed by atoms with Gasteiger partial charge in [-0.05, 0) is 44.1 Å². The van der Waals surface area contributed by atoms with Crippen molar-refractivity contribution in [2.75, 3.05) is 39.3 Å². The summed E-state index contributed by atoms with van der Waals surface area (Å²) in [5, 5.41) is 0.415. The third-order valence-corrected chi connectivity index (χ3v) is 10.1. The van der Waals surface area contributed by atoms with Gasteiger partial charge >= 0.3 is 6.09 Å². The Morgan fingerprint density at radius 3 is 2.53 bits per heavy atom. The predicted molar refractivity (Wildman–Crippen MR) is 149 cm³/mol. The SMILES string of the molecule is CCCCC1CN(CC2CCCCC2)C(=O)OC12CCN(C1CCN(C(=O)c3ccncc3Cl)CC1)CC2. The molecule has 4 heterocycles. The van der Waals surface area contributed by atoms with Crippen molar-refractivity contribution in [3.05, 3.63) is 29.0 Å². The monoisotopic (exact) mass is 544 g/mol. The number of ether oxygens (including phenoxy) is 1. The lowest BCUT2D eigenvalue weighted by molar-refractivity contribution is -0.127. The zero-order valence-electron chi connectivity index (χ0n) is 23.1. The predicted octanol–water partition coefficient (Wildman–Crippen LogP) is 6.01. The van der Waals surface area contributed by atoms with Crippen LogP contribution in [-0.4, -0.2) is 82.6 Å². The maximum Gasteiger partial charge on any atom is 0.410 e. The van der Waals surface area contributed by atoms with Crippen LogP contribution in [0.15, 0.2) is 18.5 Å². The average Bonchev–Trinajstić information content (AvgIpc) is 2.95. The Hall–Kier alpha value is -1.86. The Morgan fingerprint density at radius 2 is 1.84 bits per heavy atom. The van der Waals surface area contributed by atoms with E-state index in [0.29, 0.717) is 28.5 Å². The van der Waals surface area contributed by atoms with Crippen molar-refractivity contribution < 1.29 is 14.3 Å². The van der Waals surface area contributed by atoms with Gasteiger partial charge in [0, 0.05) is 76.5 Å². The number of unbranched alkanes of at least 4 members (excludes halogenated alkanes) is 1. The van der Waals surface area contributed by atoms with Gasteiger partial charge in [0.15, 0.2) is 0 Å². The van der Waals surface area contributed by atoms with E-state index in [1.54, 1.807) is 12.3 Å². The highest BCUT2D eigenvalue weighted by atomic mass is 35.5. The molecule has 0 bridgehead atoms. The highest BCUT2D eigenvalue weighted by molar-refractivity contribution is 6.33. The number of amides is 2. The van der Waals surface area contributed by atoms with Crippen LogP contribution in [0.4, 0.5) is 4.79 Å². The maximum atomic E-state index is 13.2. The van der Waals surface area contributed by atoms with Gasteiger partial charge in [0.25, 0.3) is 5.91 Å². The van der Waals surface area contributed by atoms with Gasteiger partial charge in [-0.1, -0.05) is 50.6 Å². The molecule has 1 spiro atoms. The molecule has 5 rings (SSSR count). The van der Waals surface area contributed by atoms with Gasteiger partial charge in [0.05, 0.1) is 10.6 Å². The van der Waals surface area contributed by atoms with Gasteiger partial charge in [-0.3, -0.25) is 14.7 Å². The lowest BCUT2D eigenvalue weighted by atomic mass is 9.75. The number of pyridine rings is 1. The van der Waals surface area contributed by atoms with Crippen LogP contribution < -0.4 is 0 Å². The number of halogens is 1. The fourth-order valence-electron chi connectivity index (χ4n) is 7.40.